The Morgan fingerprint density at radius 2 is 1.61 bits per heavy atom. The molecule has 0 saturated carbocycles. The van der Waals surface area contributed by atoms with Crippen molar-refractivity contribution >= 4 is 20.4 Å². The molecule has 28 heavy (non-hydrogen) atoms. The smallest absolute Gasteiger partial charge is 0.411 e. The standard InChI is InChI=1S/C20H38N2O5Si/c1-19(2,3)26-18(24)22-11-10-15(16(22)17(23)25-7)21-12-14(13-21)27-28(8,9)20(4,5)6/h14-16H,10-13H2,1-9H3/t15-,16+/m0/s1. The molecular weight excluding hydrogens is 376 g/mol. The van der Waals surface area contributed by atoms with E-state index in [1.54, 1.807) is 0 Å². The number of carbonyl (C=O) groups excluding carboxylic acids is 2. The van der Waals surface area contributed by atoms with E-state index in [2.05, 4.69) is 38.8 Å². The number of likely N-dealkylation sites (tertiary alicyclic amines) is 2. The fourth-order valence-corrected chi connectivity index (χ4v) is 4.83. The summed E-state index contributed by atoms with van der Waals surface area (Å²) in [6.45, 7) is 18.7. The zero-order valence-corrected chi connectivity index (χ0v) is 20.0. The molecule has 162 valence electrons. The summed E-state index contributed by atoms with van der Waals surface area (Å²) in [5.74, 6) is -0.387. The largest absolute Gasteiger partial charge is 0.467 e. The number of ether oxygens (including phenoxy) is 2. The highest BCUT2D eigenvalue weighted by molar-refractivity contribution is 6.74. The molecule has 7 nitrogen and oxygen atoms in total. The summed E-state index contributed by atoms with van der Waals surface area (Å²) < 4.78 is 17.0. The van der Waals surface area contributed by atoms with Gasteiger partial charge in [-0.15, -0.1) is 0 Å². The molecule has 2 fully saturated rings. The maximum Gasteiger partial charge on any atom is 0.411 e. The van der Waals surface area contributed by atoms with E-state index in [0.717, 1.165) is 19.5 Å². The van der Waals surface area contributed by atoms with Crippen molar-refractivity contribution in [2.75, 3.05) is 26.7 Å². The number of hydrogen-bond acceptors (Lipinski definition) is 6. The van der Waals surface area contributed by atoms with E-state index in [9.17, 15) is 9.59 Å². The van der Waals surface area contributed by atoms with Crippen molar-refractivity contribution in [2.45, 2.75) is 89.9 Å². The second-order valence-corrected chi connectivity index (χ2v) is 15.2. The Kier molecular flexibility index (Phi) is 6.58. The van der Waals surface area contributed by atoms with Gasteiger partial charge in [-0.05, 0) is 45.3 Å². The van der Waals surface area contributed by atoms with Crippen molar-refractivity contribution in [1.29, 1.82) is 0 Å². The zero-order chi connectivity index (χ0) is 21.5. The molecule has 2 rings (SSSR count). The molecule has 2 aliphatic rings. The third-order valence-electron chi connectivity index (χ3n) is 6.05. The van der Waals surface area contributed by atoms with Crippen molar-refractivity contribution in [3.63, 3.8) is 0 Å². The van der Waals surface area contributed by atoms with E-state index < -0.39 is 26.1 Å². The lowest BCUT2D eigenvalue weighted by atomic mass is 10.0. The van der Waals surface area contributed by atoms with Crippen molar-refractivity contribution in [2.24, 2.45) is 0 Å². The first-order valence-electron chi connectivity index (χ1n) is 10.2. The molecule has 0 aliphatic carbocycles. The van der Waals surface area contributed by atoms with Gasteiger partial charge in [0.05, 0.1) is 13.2 Å². The van der Waals surface area contributed by atoms with Gasteiger partial charge in [0.25, 0.3) is 0 Å². The SMILES string of the molecule is COC(=O)[C@H]1[C@@H](N2CC(O[Si](C)(C)C(C)(C)C)C2)CCN1C(=O)OC(C)(C)C. The number of esters is 1. The van der Waals surface area contributed by atoms with Crippen molar-refractivity contribution < 1.29 is 23.5 Å². The number of methoxy groups -OCH3 is 1. The first kappa shape index (κ1) is 23.2. The van der Waals surface area contributed by atoms with Gasteiger partial charge in [-0.1, -0.05) is 20.8 Å². The normalized spacial score (nSPS) is 24.8. The van der Waals surface area contributed by atoms with Crippen LogP contribution in [-0.2, 0) is 18.7 Å². The fraction of sp³-hybridized carbons (Fsp3) is 0.900. The molecule has 2 aliphatic heterocycles. The molecule has 8 heteroatoms. The minimum Gasteiger partial charge on any atom is -0.467 e. The third kappa shape index (κ3) is 5.07. The highest BCUT2D eigenvalue weighted by Gasteiger charge is 2.50. The number of nitrogens with zero attached hydrogens (tertiary/aromatic N) is 2. The summed E-state index contributed by atoms with van der Waals surface area (Å²) in [5, 5.41) is 0.169. The summed E-state index contributed by atoms with van der Waals surface area (Å²) in [6.07, 6.45) is 0.459. The molecule has 0 spiro atoms. The second-order valence-electron chi connectivity index (χ2n) is 10.5. The molecule has 2 atom stereocenters. The lowest BCUT2D eigenvalue weighted by molar-refractivity contribution is -0.149. The van der Waals surface area contributed by atoms with Gasteiger partial charge in [0.2, 0.25) is 0 Å². The molecule has 0 N–H and O–H groups in total. The Bertz CT molecular complexity index is 590. The van der Waals surface area contributed by atoms with Crippen LogP contribution >= 0.6 is 0 Å². The Balaban J connectivity index is 2.02. The van der Waals surface area contributed by atoms with Gasteiger partial charge >= 0.3 is 12.1 Å². The first-order chi connectivity index (χ1) is 12.7. The molecule has 1 amide bonds. The predicted molar refractivity (Wildman–Crippen MR) is 111 cm³/mol. The van der Waals surface area contributed by atoms with Gasteiger partial charge in [-0.25, -0.2) is 9.59 Å². The lowest BCUT2D eigenvalue weighted by Gasteiger charge is -2.49. The van der Waals surface area contributed by atoms with Crippen LogP contribution in [0.25, 0.3) is 0 Å². The number of carbonyl (C=O) groups is 2. The number of rotatable bonds is 4. The van der Waals surface area contributed by atoms with Gasteiger partial charge < -0.3 is 13.9 Å². The minimum atomic E-state index is -1.81. The van der Waals surface area contributed by atoms with Crippen LogP contribution in [0, 0.1) is 0 Å². The Morgan fingerprint density at radius 1 is 1.04 bits per heavy atom. The topological polar surface area (TPSA) is 68.3 Å². The molecule has 2 heterocycles. The van der Waals surface area contributed by atoms with Gasteiger partial charge in [0.15, 0.2) is 8.32 Å². The van der Waals surface area contributed by atoms with Gasteiger partial charge in [0, 0.05) is 25.7 Å². The van der Waals surface area contributed by atoms with Crippen molar-refractivity contribution in [3.05, 3.63) is 0 Å². The fourth-order valence-electron chi connectivity index (χ4n) is 3.50. The van der Waals surface area contributed by atoms with Crippen LogP contribution in [0.15, 0.2) is 0 Å². The summed E-state index contributed by atoms with van der Waals surface area (Å²) in [5.41, 5.74) is -0.602. The number of hydrogen-bond donors (Lipinski definition) is 0. The summed E-state index contributed by atoms with van der Waals surface area (Å²) in [7, 11) is -0.448. The molecule has 0 aromatic rings. The zero-order valence-electron chi connectivity index (χ0n) is 19.0. The van der Waals surface area contributed by atoms with Crippen molar-refractivity contribution in [1.82, 2.24) is 9.80 Å². The monoisotopic (exact) mass is 414 g/mol. The molecule has 0 aromatic carbocycles. The van der Waals surface area contributed by atoms with E-state index >= 15 is 0 Å². The molecule has 0 unspecified atom stereocenters. The highest BCUT2D eigenvalue weighted by atomic mass is 28.4. The summed E-state index contributed by atoms with van der Waals surface area (Å²) in [4.78, 5) is 28.8. The van der Waals surface area contributed by atoms with Gasteiger partial charge in [0.1, 0.15) is 11.6 Å². The molecule has 0 aromatic heterocycles. The minimum absolute atomic E-state index is 0.0563. The molecular formula is C20H38N2O5Si. The Morgan fingerprint density at radius 3 is 2.07 bits per heavy atom. The van der Waals surface area contributed by atoms with Crippen LogP contribution in [0.5, 0.6) is 0 Å². The van der Waals surface area contributed by atoms with Crippen molar-refractivity contribution in [3.8, 4) is 0 Å². The molecule has 0 bridgehead atoms. The average molecular weight is 415 g/mol. The predicted octanol–water partition coefficient (Wildman–Crippen LogP) is 3.24. The van der Waals surface area contributed by atoms with Crippen LogP contribution in [-0.4, -0.2) is 80.7 Å². The first-order valence-corrected chi connectivity index (χ1v) is 13.1. The third-order valence-corrected chi connectivity index (χ3v) is 10.6. The summed E-state index contributed by atoms with van der Waals surface area (Å²) in [6, 6.07) is -0.687. The van der Waals surface area contributed by atoms with Crippen LogP contribution < -0.4 is 0 Å². The maximum absolute atomic E-state index is 12.6. The lowest BCUT2D eigenvalue weighted by Crippen LogP contribution is -2.63. The average Bonchev–Trinajstić information content (AvgIpc) is 2.91. The summed E-state index contributed by atoms with van der Waals surface area (Å²) >= 11 is 0. The van der Waals surface area contributed by atoms with Crippen LogP contribution in [0.1, 0.15) is 48.0 Å². The maximum atomic E-state index is 12.6. The Hall–Kier alpha value is -1.12. The number of amides is 1. The van der Waals surface area contributed by atoms with Crippen LogP contribution in [0.4, 0.5) is 4.79 Å². The molecule has 2 saturated heterocycles. The van der Waals surface area contributed by atoms with E-state index in [4.69, 9.17) is 13.9 Å². The van der Waals surface area contributed by atoms with E-state index in [1.807, 2.05) is 20.8 Å². The van der Waals surface area contributed by atoms with E-state index in [0.29, 0.717) is 6.54 Å². The van der Waals surface area contributed by atoms with E-state index in [1.165, 1.54) is 12.0 Å². The van der Waals surface area contributed by atoms with Crippen LogP contribution in [0.3, 0.4) is 0 Å². The molecule has 0 radical (unpaired) electrons. The second kappa shape index (κ2) is 7.95. The van der Waals surface area contributed by atoms with Gasteiger partial charge in [-0.3, -0.25) is 9.80 Å². The van der Waals surface area contributed by atoms with Crippen LogP contribution in [0.2, 0.25) is 18.1 Å². The Labute approximate surface area is 170 Å². The van der Waals surface area contributed by atoms with E-state index in [-0.39, 0.29) is 23.2 Å². The quantitative estimate of drug-likeness (QED) is 0.520. The van der Waals surface area contributed by atoms with Gasteiger partial charge in [-0.2, -0.15) is 0 Å². The highest BCUT2D eigenvalue weighted by Crippen LogP contribution is 2.39.